The quantitative estimate of drug-likeness (QED) is 0.781. The zero-order chi connectivity index (χ0) is 12.8. The summed E-state index contributed by atoms with van der Waals surface area (Å²) in [4.78, 5) is 21.6. The number of ether oxygens (including phenoxy) is 2. The molecule has 0 aliphatic heterocycles. The van der Waals surface area contributed by atoms with Gasteiger partial charge in [0.1, 0.15) is 5.75 Å². The molecule has 0 spiro atoms. The Labute approximate surface area is 99.0 Å². The van der Waals surface area contributed by atoms with E-state index in [9.17, 15) is 9.59 Å². The van der Waals surface area contributed by atoms with E-state index in [0.29, 0.717) is 5.75 Å². The molecular formula is C12H14O5. The van der Waals surface area contributed by atoms with E-state index in [4.69, 9.17) is 14.6 Å². The number of carbonyl (C=O) groups is 2. The molecule has 0 aliphatic rings. The van der Waals surface area contributed by atoms with Crippen LogP contribution in [0.2, 0.25) is 0 Å². The van der Waals surface area contributed by atoms with E-state index in [1.807, 2.05) is 0 Å². The number of carbonyl (C=O) groups excluding carboxylic acids is 1. The van der Waals surface area contributed by atoms with Gasteiger partial charge in [0.05, 0.1) is 7.11 Å². The fraction of sp³-hybridized carbons (Fsp3) is 0.333. The molecule has 0 radical (unpaired) electrons. The third-order valence-electron chi connectivity index (χ3n) is 2.16. The molecular weight excluding hydrogens is 224 g/mol. The Kier molecular flexibility index (Phi) is 4.51. The van der Waals surface area contributed by atoms with Crippen LogP contribution in [0.15, 0.2) is 24.3 Å². The first kappa shape index (κ1) is 13.0. The fourth-order valence-electron chi connectivity index (χ4n) is 1.36. The molecule has 92 valence electrons. The van der Waals surface area contributed by atoms with Crippen LogP contribution in [0.1, 0.15) is 12.5 Å². The van der Waals surface area contributed by atoms with Crippen LogP contribution in [0, 0.1) is 0 Å². The summed E-state index contributed by atoms with van der Waals surface area (Å²) in [6, 6.07) is 6.92. The second kappa shape index (κ2) is 5.89. The lowest BCUT2D eigenvalue weighted by atomic mass is 10.1. The van der Waals surface area contributed by atoms with Crippen molar-refractivity contribution in [1.82, 2.24) is 0 Å². The van der Waals surface area contributed by atoms with E-state index in [0.717, 1.165) is 5.56 Å². The van der Waals surface area contributed by atoms with Crippen molar-refractivity contribution < 1.29 is 24.2 Å². The van der Waals surface area contributed by atoms with Gasteiger partial charge in [0.2, 0.25) is 6.10 Å². The Morgan fingerprint density at radius 3 is 2.29 bits per heavy atom. The van der Waals surface area contributed by atoms with E-state index in [1.165, 1.54) is 6.92 Å². The summed E-state index contributed by atoms with van der Waals surface area (Å²) >= 11 is 0. The third kappa shape index (κ3) is 4.14. The normalized spacial score (nSPS) is 11.6. The maximum atomic E-state index is 10.9. The van der Waals surface area contributed by atoms with Crippen LogP contribution in [-0.2, 0) is 20.7 Å². The first-order valence-corrected chi connectivity index (χ1v) is 5.06. The molecule has 1 rings (SSSR count). The molecule has 5 heteroatoms. The van der Waals surface area contributed by atoms with E-state index >= 15 is 0 Å². The fourth-order valence-corrected chi connectivity index (χ4v) is 1.36. The molecule has 17 heavy (non-hydrogen) atoms. The number of carboxylic acid groups (broad SMARTS) is 1. The topological polar surface area (TPSA) is 72.8 Å². The highest BCUT2D eigenvalue weighted by atomic mass is 16.6. The van der Waals surface area contributed by atoms with Crippen molar-refractivity contribution in [2.45, 2.75) is 19.4 Å². The van der Waals surface area contributed by atoms with Crippen molar-refractivity contribution >= 4 is 11.9 Å². The Hall–Kier alpha value is -2.04. The highest BCUT2D eigenvalue weighted by Crippen LogP contribution is 2.13. The van der Waals surface area contributed by atoms with Crippen LogP contribution >= 0.6 is 0 Å². The third-order valence-corrected chi connectivity index (χ3v) is 2.16. The number of esters is 1. The van der Waals surface area contributed by atoms with E-state index < -0.39 is 18.0 Å². The maximum Gasteiger partial charge on any atom is 0.345 e. The molecule has 0 heterocycles. The van der Waals surface area contributed by atoms with E-state index in [-0.39, 0.29) is 6.42 Å². The van der Waals surface area contributed by atoms with Gasteiger partial charge >= 0.3 is 11.9 Å². The summed E-state index contributed by atoms with van der Waals surface area (Å²) in [5, 5.41) is 8.88. The number of benzene rings is 1. The van der Waals surface area contributed by atoms with Crippen molar-refractivity contribution in [2.24, 2.45) is 0 Å². The van der Waals surface area contributed by atoms with Gasteiger partial charge in [-0.15, -0.1) is 0 Å². The Morgan fingerprint density at radius 1 is 1.29 bits per heavy atom. The number of hydrogen-bond acceptors (Lipinski definition) is 4. The molecule has 0 fully saturated rings. The van der Waals surface area contributed by atoms with Crippen molar-refractivity contribution in [2.75, 3.05) is 7.11 Å². The first-order valence-electron chi connectivity index (χ1n) is 5.06. The minimum atomic E-state index is -1.16. The second-order valence-corrected chi connectivity index (χ2v) is 3.49. The van der Waals surface area contributed by atoms with Crippen LogP contribution in [-0.4, -0.2) is 30.3 Å². The van der Waals surface area contributed by atoms with Crippen LogP contribution in [0.4, 0.5) is 0 Å². The molecule has 1 atom stereocenters. The zero-order valence-corrected chi connectivity index (χ0v) is 9.67. The van der Waals surface area contributed by atoms with Gasteiger partial charge in [-0.05, 0) is 17.7 Å². The molecule has 0 aliphatic carbocycles. The standard InChI is InChI=1S/C12H14O5/c1-8(13)17-11(12(14)15)7-9-3-5-10(16-2)6-4-9/h3-6,11H,7H2,1-2H3,(H,14,15). The van der Waals surface area contributed by atoms with Crippen molar-refractivity contribution in [3.05, 3.63) is 29.8 Å². The molecule has 1 aromatic rings. The Morgan fingerprint density at radius 2 is 1.88 bits per heavy atom. The monoisotopic (exact) mass is 238 g/mol. The van der Waals surface area contributed by atoms with Crippen molar-refractivity contribution in [1.29, 1.82) is 0 Å². The van der Waals surface area contributed by atoms with Gasteiger partial charge < -0.3 is 14.6 Å². The largest absolute Gasteiger partial charge is 0.497 e. The average Bonchev–Trinajstić information content (AvgIpc) is 2.28. The lowest BCUT2D eigenvalue weighted by Crippen LogP contribution is -2.28. The summed E-state index contributed by atoms with van der Waals surface area (Å²) in [6.07, 6.45) is -1.01. The van der Waals surface area contributed by atoms with E-state index in [2.05, 4.69) is 0 Å². The number of methoxy groups -OCH3 is 1. The summed E-state index contributed by atoms with van der Waals surface area (Å²) in [6.45, 7) is 1.18. The summed E-state index contributed by atoms with van der Waals surface area (Å²) in [7, 11) is 1.55. The lowest BCUT2D eigenvalue weighted by molar-refractivity contribution is -0.162. The van der Waals surface area contributed by atoms with Crippen LogP contribution in [0.25, 0.3) is 0 Å². The number of aliphatic carboxylic acids is 1. The van der Waals surface area contributed by atoms with Gasteiger partial charge in [-0.2, -0.15) is 0 Å². The van der Waals surface area contributed by atoms with Crippen molar-refractivity contribution in [3.63, 3.8) is 0 Å². The smallest absolute Gasteiger partial charge is 0.345 e. The van der Waals surface area contributed by atoms with Gasteiger partial charge in [-0.25, -0.2) is 4.79 Å². The molecule has 5 nitrogen and oxygen atoms in total. The second-order valence-electron chi connectivity index (χ2n) is 3.49. The molecule has 0 bridgehead atoms. The maximum absolute atomic E-state index is 10.9. The Bertz CT molecular complexity index is 396. The summed E-state index contributed by atoms with van der Waals surface area (Å²) in [5.74, 6) is -1.07. The van der Waals surface area contributed by atoms with Gasteiger partial charge in [0.25, 0.3) is 0 Å². The van der Waals surface area contributed by atoms with Gasteiger partial charge in [0.15, 0.2) is 0 Å². The lowest BCUT2D eigenvalue weighted by Gasteiger charge is -2.12. The highest BCUT2D eigenvalue weighted by molar-refractivity contribution is 5.77. The number of rotatable bonds is 5. The number of hydrogen-bond donors (Lipinski definition) is 1. The molecule has 1 unspecified atom stereocenters. The molecule has 0 amide bonds. The Balaban J connectivity index is 2.71. The van der Waals surface area contributed by atoms with Gasteiger partial charge in [0, 0.05) is 13.3 Å². The summed E-state index contributed by atoms with van der Waals surface area (Å²) in [5.41, 5.74) is 0.763. The molecule has 1 aromatic carbocycles. The minimum Gasteiger partial charge on any atom is -0.497 e. The van der Waals surface area contributed by atoms with Gasteiger partial charge in [-0.3, -0.25) is 4.79 Å². The predicted octanol–water partition coefficient (Wildman–Crippen LogP) is 1.25. The predicted molar refractivity (Wildman–Crippen MR) is 59.9 cm³/mol. The first-order chi connectivity index (χ1) is 8.02. The van der Waals surface area contributed by atoms with E-state index in [1.54, 1.807) is 31.4 Å². The van der Waals surface area contributed by atoms with Crippen molar-refractivity contribution in [3.8, 4) is 5.75 Å². The van der Waals surface area contributed by atoms with Crippen LogP contribution < -0.4 is 4.74 Å². The van der Waals surface area contributed by atoms with Gasteiger partial charge in [-0.1, -0.05) is 12.1 Å². The zero-order valence-electron chi connectivity index (χ0n) is 9.67. The number of carboxylic acids is 1. The molecule has 0 saturated carbocycles. The van der Waals surface area contributed by atoms with Crippen LogP contribution in [0.5, 0.6) is 5.75 Å². The molecule has 0 saturated heterocycles. The summed E-state index contributed by atoms with van der Waals surface area (Å²) < 4.78 is 9.69. The SMILES string of the molecule is COc1ccc(CC(OC(C)=O)C(=O)O)cc1. The molecule has 1 N–H and O–H groups in total. The molecule has 0 aromatic heterocycles. The average molecular weight is 238 g/mol. The highest BCUT2D eigenvalue weighted by Gasteiger charge is 2.20. The van der Waals surface area contributed by atoms with Crippen LogP contribution in [0.3, 0.4) is 0 Å². The minimum absolute atomic E-state index is 0.138.